The van der Waals surface area contributed by atoms with Gasteiger partial charge in [0.1, 0.15) is 11.5 Å². The first-order valence-corrected chi connectivity index (χ1v) is 8.56. The molecule has 2 amide bonds. The van der Waals surface area contributed by atoms with Gasteiger partial charge in [-0.05, 0) is 24.3 Å². The number of hydrogen-bond acceptors (Lipinski definition) is 4. The number of methoxy groups -OCH3 is 2. The SMILES string of the molecule is COc1ccc(OC)c(NC(=O)N2C[C@@H](C)Sc3ccccc32)c1. The molecule has 5 nitrogen and oxygen atoms in total. The first-order chi connectivity index (χ1) is 11.6. The molecule has 0 saturated heterocycles. The lowest BCUT2D eigenvalue weighted by Gasteiger charge is -2.32. The number of ether oxygens (including phenoxy) is 2. The first kappa shape index (κ1) is 16.5. The summed E-state index contributed by atoms with van der Waals surface area (Å²) in [4.78, 5) is 15.7. The quantitative estimate of drug-likeness (QED) is 0.905. The summed E-state index contributed by atoms with van der Waals surface area (Å²) in [6.45, 7) is 2.77. The molecule has 0 radical (unpaired) electrons. The van der Waals surface area contributed by atoms with E-state index in [2.05, 4.69) is 12.2 Å². The molecule has 3 rings (SSSR count). The largest absolute Gasteiger partial charge is 0.497 e. The normalized spacial score (nSPS) is 16.3. The molecule has 24 heavy (non-hydrogen) atoms. The van der Waals surface area contributed by atoms with Gasteiger partial charge in [-0.15, -0.1) is 11.8 Å². The van der Waals surface area contributed by atoms with E-state index in [1.54, 1.807) is 49.1 Å². The van der Waals surface area contributed by atoms with E-state index in [4.69, 9.17) is 9.47 Å². The van der Waals surface area contributed by atoms with E-state index in [9.17, 15) is 4.79 Å². The molecule has 0 unspecified atom stereocenters. The number of thioether (sulfide) groups is 1. The van der Waals surface area contributed by atoms with Crippen LogP contribution >= 0.6 is 11.8 Å². The molecule has 0 aromatic heterocycles. The zero-order valence-electron chi connectivity index (χ0n) is 13.9. The van der Waals surface area contributed by atoms with Crippen LogP contribution in [-0.4, -0.2) is 32.0 Å². The van der Waals surface area contributed by atoms with Gasteiger partial charge in [-0.2, -0.15) is 0 Å². The van der Waals surface area contributed by atoms with Crippen molar-refractivity contribution in [3.63, 3.8) is 0 Å². The number of benzene rings is 2. The lowest BCUT2D eigenvalue weighted by atomic mass is 10.2. The van der Waals surface area contributed by atoms with Crippen molar-refractivity contribution in [1.29, 1.82) is 0 Å². The highest BCUT2D eigenvalue weighted by molar-refractivity contribution is 8.00. The molecule has 1 aliphatic heterocycles. The van der Waals surface area contributed by atoms with Gasteiger partial charge in [0.2, 0.25) is 0 Å². The molecule has 0 fully saturated rings. The number of nitrogens with one attached hydrogen (secondary N) is 1. The third kappa shape index (κ3) is 3.28. The number of para-hydroxylation sites is 1. The summed E-state index contributed by atoms with van der Waals surface area (Å²) in [7, 11) is 3.17. The minimum absolute atomic E-state index is 0.179. The van der Waals surface area contributed by atoms with Gasteiger partial charge in [0.25, 0.3) is 0 Å². The van der Waals surface area contributed by atoms with Gasteiger partial charge in [-0.1, -0.05) is 19.1 Å². The molecule has 1 heterocycles. The van der Waals surface area contributed by atoms with E-state index in [1.165, 1.54) is 0 Å². The van der Waals surface area contributed by atoms with E-state index in [-0.39, 0.29) is 6.03 Å². The molecule has 126 valence electrons. The standard InChI is InChI=1S/C18H20N2O3S/c1-12-11-20(15-6-4-5-7-17(15)24-12)18(21)19-14-10-13(22-2)8-9-16(14)23-3/h4-10,12H,11H2,1-3H3,(H,19,21)/t12-/m1/s1. The Hall–Kier alpha value is -2.34. The van der Waals surface area contributed by atoms with Crippen LogP contribution in [0.4, 0.5) is 16.2 Å². The van der Waals surface area contributed by atoms with E-state index in [0.29, 0.717) is 29.0 Å². The van der Waals surface area contributed by atoms with Crippen molar-refractivity contribution in [3.05, 3.63) is 42.5 Å². The number of amides is 2. The van der Waals surface area contributed by atoms with Gasteiger partial charge in [-0.3, -0.25) is 4.90 Å². The molecule has 1 atom stereocenters. The van der Waals surface area contributed by atoms with Crippen LogP contribution in [0.3, 0.4) is 0 Å². The second kappa shape index (κ2) is 7.05. The molecule has 0 aliphatic carbocycles. The topological polar surface area (TPSA) is 50.8 Å². The fourth-order valence-electron chi connectivity index (χ4n) is 2.68. The maximum Gasteiger partial charge on any atom is 0.326 e. The molecule has 1 N–H and O–H groups in total. The summed E-state index contributed by atoms with van der Waals surface area (Å²) in [6.07, 6.45) is 0. The number of hydrogen-bond donors (Lipinski definition) is 1. The van der Waals surface area contributed by atoms with Crippen LogP contribution in [0, 0.1) is 0 Å². The van der Waals surface area contributed by atoms with Crippen molar-refractivity contribution in [3.8, 4) is 11.5 Å². The fraction of sp³-hybridized carbons (Fsp3) is 0.278. The second-order valence-corrected chi connectivity index (χ2v) is 6.98. The van der Waals surface area contributed by atoms with Crippen molar-refractivity contribution in [2.75, 3.05) is 31.0 Å². The minimum atomic E-state index is -0.179. The van der Waals surface area contributed by atoms with Crippen LogP contribution in [0.25, 0.3) is 0 Å². The highest BCUT2D eigenvalue weighted by Crippen LogP contribution is 2.38. The second-order valence-electron chi connectivity index (χ2n) is 5.50. The summed E-state index contributed by atoms with van der Waals surface area (Å²) in [5.41, 5.74) is 1.52. The number of carbonyl (C=O) groups excluding carboxylic acids is 1. The fourth-order valence-corrected chi connectivity index (χ4v) is 3.79. The average Bonchev–Trinajstić information content (AvgIpc) is 2.60. The lowest BCUT2D eigenvalue weighted by molar-refractivity contribution is 0.256. The first-order valence-electron chi connectivity index (χ1n) is 7.68. The third-order valence-electron chi connectivity index (χ3n) is 3.82. The zero-order chi connectivity index (χ0) is 17.1. The molecular formula is C18H20N2O3S. The molecule has 2 aromatic carbocycles. The molecule has 0 saturated carbocycles. The minimum Gasteiger partial charge on any atom is -0.497 e. The molecule has 0 spiro atoms. The summed E-state index contributed by atoms with van der Waals surface area (Å²) < 4.78 is 10.6. The zero-order valence-corrected chi connectivity index (χ0v) is 14.7. The number of anilines is 2. The Balaban J connectivity index is 1.88. The van der Waals surface area contributed by atoms with Crippen LogP contribution < -0.4 is 19.7 Å². The van der Waals surface area contributed by atoms with Gasteiger partial charge in [0.05, 0.1) is 25.6 Å². The molecular weight excluding hydrogens is 324 g/mol. The van der Waals surface area contributed by atoms with Gasteiger partial charge in [0.15, 0.2) is 0 Å². The van der Waals surface area contributed by atoms with E-state index >= 15 is 0 Å². The van der Waals surface area contributed by atoms with Gasteiger partial charge in [0, 0.05) is 22.8 Å². The Morgan fingerprint density at radius 1 is 1.21 bits per heavy atom. The van der Waals surface area contributed by atoms with Crippen molar-refractivity contribution in [2.45, 2.75) is 17.1 Å². The third-order valence-corrected chi connectivity index (χ3v) is 4.97. The number of rotatable bonds is 3. The maximum atomic E-state index is 12.9. The van der Waals surface area contributed by atoms with Crippen molar-refractivity contribution >= 4 is 29.2 Å². The summed E-state index contributed by atoms with van der Waals surface area (Å²) in [5, 5.41) is 3.27. The Morgan fingerprint density at radius 3 is 2.75 bits per heavy atom. The summed E-state index contributed by atoms with van der Waals surface area (Å²) >= 11 is 1.79. The Bertz CT molecular complexity index is 751. The van der Waals surface area contributed by atoms with Crippen LogP contribution in [-0.2, 0) is 0 Å². The van der Waals surface area contributed by atoms with E-state index in [0.717, 1.165) is 10.6 Å². The average molecular weight is 344 g/mol. The molecule has 6 heteroatoms. The Morgan fingerprint density at radius 2 is 2.00 bits per heavy atom. The predicted octanol–water partition coefficient (Wildman–Crippen LogP) is 4.24. The van der Waals surface area contributed by atoms with Gasteiger partial charge >= 0.3 is 6.03 Å². The van der Waals surface area contributed by atoms with Crippen molar-refractivity contribution in [1.82, 2.24) is 0 Å². The molecule has 0 bridgehead atoms. The summed E-state index contributed by atoms with van der Waals surface area (Å²) in [5.74, 6) is 1.26. The van der Waals surface area contributed by atoms with Crippen LogP contribution in [0.2, 0.25) is 0 Å². The smallest absolute Gasteiger partial charge is 0.326 e. The van der Waals surface area contributed by atoms with Gasteiger partial charge < -0.3 is 14.8 Å². The van der Waals surface area contributed by atoms with Crippen molar-refractivity contribution < 1.29 is 14.3 Å². The lowest BCUT2D eigenvalue weighted by Crippen LogP contribution is -2.41. The maximum absolute atomic E-state index is 12.9. The van der Waals surface area contributed by atoms with E-state index in [1.807, 2.05) is 24.3 Å². The monoisotopic (exact) mass is 344 g/mol. The number of carbonyl (C=O) groups is 1. The molecule has 1 aliphatic rings. The van der Waals surface area contributed by atoms with Crippen LogP contribution in [0.5, 0.6) is 11.5 Å². The predicted molar refractivity (Wildman–Crippen MR) is 97.7 cm³/mol. The Kier molecular flexibility index (Phi) is 4.85. The van der Waals surface area contributed by atoms with Crippen LogP contribution in [0.15, 0.2) is 47.4 Å². The van der Waals surface area contributed by atoms with Crippen molar-refractivity contribution in [2.24, 2.45) is 0 Å². The molecule has 2 aromatic rings. The summed E-state index contributed by atoms with van der Waals surface area (Å²) in [6, 6.07) is 13.1. The number of nitrogens with zero attached hydrogens (tertiary/aromatic N) is 1. The highest BCUT2D eigenvalue weighted by Gasteiger charge is 2.27. The van der Waals surface area contributed by atoms with Crippen LogP contribution in [0.1, 0.15) is 6.92 Å². The Labute approximate surface area is 145 Å². The van der Waals surface area contributed by atoms with E-state index < -0.39 is 0 Å². The number of urea groups is 1. The number of fused-ring (bicyclic) bond motifs is 1. The van der Waals surface area contributed by atoms with Gasteiger partial charge in [-0.25, -0.2) is 4.79 Å². The highest BCUT2D eigenvalue weighted by atomic mass is 32.2.